The van der Waals surface area contributed by atoms with Crippen molar-refractivity contribution in [2.45, 2.75) is 126 Å². The average molecular weight is 469 g/mol. The molecule has 2 nitrogen and oxygen atoms in total. The third kappa shape index (κ3) is 3.08. The second kappa shape index (κ2) is 7.61. The Labute approximate surface area is 210 Å². The number of carbonyl (C=O) groups is 1. The summed E-state index contributed by atoms with van der Waals surface area (Å²) in [5, 5.41) is 0. The molecule has 0 spiro atoms. The highest BCUT2D eigenvalue weighted by molar-refractivity contribution is 5.66. The predicted molar refractivity (Wildman–Crippen MR) is 140 cm³/mol. The van der Waals surface area contributed by atoms with Crippen LogP contribution in [0.1, 0.15) is 120 Å². The van der Waals surface area contributed by atoms with Crippen LogP contribution in [0.15, 0.2) is 11.6 Å². The Balaban J connectivity index is 1.54. The third-order valence-corrected chi connectivity index (χ3v) is 13.6. The molecule has 5 aliphatic carbocycles. The second-order valence-corrected chi connectivity index (χ2v) is 15.3. The molecule has 0 aliphatic heterocycles. The zero-order chi connectivity index (χ0) is 24.9. The number of allylic oxidation sites excluding steroid dienone is 2. The Morgan fingerprint density at radius 3 is 2.29 bits per heavy atom. The van der Waals surface area contributed by atoms with Gasteiger partial charge in [-0.1, -0.05) is 67.0 Å². The zero-order valence-electron chi connectivity index (χ0n) is 23.7. The summed E-state index contributed by atoms with van der Waals surface area (Å²) in [5.74, 6) is 3.69. The first-order chi connectivity index (χ1) is 15.7. The standard InChI is InChI=1S/C32H52O2/c1-20-12-15-29(6)18-19-31(8)24-10-11-25-28(4,5)26(34-22(3)33)14-16-30(25,7)23(24)13-17-32(31,9)27(29)21(20)2/h10,20-21,23,25-27H,11-19H2,1-9H3/t20?,21?,23-,25-,26?,27+,29+,30+,31+,32-/m0/s1. The highest BCUT2D eigenvalue weighted by Crippen LogP contribution is 2.75. The number of fused-ring (bicyclic) bond motifs is 7. The lowest BCUT2D eigenvalue weighted by atomic mass is 9.33. The van der Waals surface area contributed by atoms with Crippen LogP contribution in [0.25, 0.3) is 0 Å². The summed E-state index contributed by atoms with van der Waals surface area (Å²) in [6, 6.07) is 0. The van der Waals surface area contributed by atoms with Crippen molar-refractivity contribution in [2.24, 2.45) is 56.7 Å². The van der Waals surface area contributed by atoms with Crippen molar-refractivity contribution in [3.63, 3.8) is 0 Å². The number of hydrogen-bond acceptors (Lipinski definition) is 2. The van der Waals surface area contributed by atoms with Gasteiger partial charge in [0.15, 0.2) is 0 Å². The van der Waals surface area contributed by atoms with Gasteiger partial charge in [0.2, 0.25) is 0 Å². The lowest BCUT2D eigenvalue weighted by Crippen LogP contribution is -2.64. The van der Waals surface area contributed by atoms with Crippen molar-refractivity contribution in [1.82, 2.24) is 0 Å². The first kappa shape index (κ1) is 24.9. The molecule has 10 atom stereocenters. The van der Waals surface area contributed by atoms with Gasteiger partial charge < -0.3 is 4.74 Å². The van der Waals surface area contributed by atoms with Gasteiger partial charge in [0.05, 0.1) is 0 Å². The van der Waals surface area contributed by atoms with E-state index in [0.29, 0.717) is 33.5 Å². The van der Waals surface area contributed by atoms with Gasteiger partial charge in [-0.15, -0.1) is 0 Å². The van der Waals surface area contributed by atoms with Crippen molar-refractivity contribution in [1.29, 1.82) is 0 Å². The van der Waals surface area contributed by atoms with Crippen LogP contribution in [-0.2, 0) is 9.53 Å². The smallest absolute Gasteiger partial charge is 0.302 e. The summed E-state index contributed by atoms with van der Waals surface area (Å²) in [7, 11) is 0. The van der Waals surface area contributed by atoms with Gasteiger partial charge >= 0.3 is 5.97 Å². The monoisotopic (exact) mass is 468 g/mol. The van der Waals surface area contributed by atoms with Crippen LogP contribution in [-0.4, -0.2) is 12.1 Å². The maximum Gasteiger partial charge on any atom is 0.302 e. The number of ether oxygens (including phenoxy) is 1. The molecule has 0 heterocycles. The minimum absolute atomic E-state index is 0.0286. The molecule has 192 valence electrons. The van der Waals surface area contributed by atoms with Crippen LogP contribution >= 0.6 is 0 Å². The number of hydrogen-bond donors (Lipinski definition) is 0. The van der Waals surface area contributed by atoms with Crippen LogP contribution in [0.3, 0.4) is 0 Å². The molecular weight excluding hydrogens is 416 g/mol. The van der Waals surface area contributed by atoms with Gasteiger partial charge in [-0.05, 0) is 109 Å². The largest absolute Gasteiger partial charge is 0.462 e. The first-order valence-corrected chi connectivity index (χ1v) is 14.6. The maximum atomic E-state index is 11.9. The molecular formula is C32H52O2. The van der Waals surface area contributed by atoms with Crippen molar-refractivity contribution in [3.8, 4) is 0 Å². The Morgan fingerprint density at radius 2 is 1.62 bits per heavy atom. The molecule has 0 N–H and O–H groups in total. The van der Waals surface area contributed by atoms with Gasteiger partial charge in [0.25, 0.3) is 0 Å². The fourth-order valence-electron chi connectivity index (χ4n) is 11.4. The maximum absolute atomic E-state index is 11.9. The van der Waals surface area contributed by atoms with E-state index in [1.807, 2.05) is 5.57 Å². The fraction of sp³-hybridized carbons (Fsp3) is 0.906. The topological polar surface area (TPSA) is 26.3 Å². The lowest BCUT2D eigenvalue weighted by Gasteiger charge is -2.71. The molecule has 0 amide bonds. The van der Waals surface area contributed by atoms with Gasteiger partial charge in [-0.2, -0.15) is 0 Å². The van der Waals surface area contributed by atoms with Gasteiger partial charge in [0.1, 0.15) is 6.10 Å². The van der Waals surface area contributed by atoms with E-state index < -0.39 is 0 Å². The Hall–Kier alpha value is -0.790. The molecule has 4 fully saturated rings. The molecule has 0 saturated heterocycles. The molecule has 0 aromatic heterocycles. The minimum atomic E-state index is -0.115. The van der Waals surface area contributed by atoms with E-state index in [9.17, 15) is 4.79 Å². The van der Waals surface area contributed by atoms with E-state index >= 15 is 0 Å². The SMILES string of the molecule is CC(=O)OC1CC[C@]2(C)[C@H]3CC[C@@]4(C)[C@@H]5C(C)C(C)CC[C@]5(C)CC[C@]4(C)C3=CC[C@H]2C1(C)C. The lowest BCUT2D eigenvalue weighted by molar-refractivity contribution is -0.193. The Morgan fingerprint density at radius 1 is 0.912 bits per heavy atom. The molecule has 5 rings (SSSR count). The van der Waals surface area contributed by atoms with Crippen molar-refractivity contribution < 1.29 is 9.53 Å². The normalized spacial score (nSPS) is 54.0. The summed E-state index contributed by atoms with van der Waals surface area (Å²) < 4.78 is 5.89. The number of carbonyl (C=O) groups excluding carboxylic acids is 1. The van der Waals surface area contributed by atoms with E-state index in [1.165, 1.54) is 44.9 Å². The van der Waals surface area contributed by atoms with Gasteiger partial charge in [-0.25, -0.2) is 0 Å². The predicted octanol–water partition coefficient (Wildman–Crippen LogP) is 8.60. The van der Waals surface area contributed by atoms with E-state index in [-0.39, 0.29) is 17.5 Å². The molecule has 4 saturated carbocycles. The summed E-state index contributed by atoms with van der Waals surface area (Å²) in [6.07, 6.45) is 14.5. The minimum Gasteiger partial charge on any atom is -0.462 e. The average Bonchev–Trinajstić information content (AvgIpc) is 2.74. The second-order valence-electron chi connectivity index (χ2n) is 15.3. The third-order valence-electron chi connectivity index (χ3n) is 13.6. The highest BCUT2D eigenvalue weighted by atomic mass is 16.5. The molecule has 3 unspecified atom stereocenters. The molecule has 5 aliphatic rings. The van der Waals surface area contributed by atoms with E-state index in [4.69, 9.17) is 4.74 Å². The highest BCUT2D eigenvalue weighted by Gasteiger charge is 2.68. The molecule has 0 bridgehead atoms. The Bertz CT molecular complexity index is 885. The molecule has 0 aromatic carbocycles. The fourth-order valence-corrected chi connectivity index (χ4v) is 11.4. The summed E-state index contributed by atoms with van der Waals surface area (Å²) in [6.45, 7) is 22.2. The van der Waals surface area contributed by atoms with Crippen molar-refractivity contribution >= 4 is 5.97 Å². The zero-order valence-corrected chi connectivity index (χ0v) is 23.7. The molecule has 2 heteroatoms. The van der Waals surface area contributed by atoms with E-state index in [2.05, 4.69) is 61.5 Å². The van der Waals surface area contributed by atoms with Crippen molar-refractivity contribution in [3.05, 3.63) is 11.6 Å². The van der Waals surface area contributed by atoms with Gasteiger partial charge in [-0.3, -0.25) is 4.79 Å². The summed E-state index contributed by atoms with van der Waals surface area (Å²) >= 11 is 0. The van der Waals surface area contributed by atoms with Crippen LogP contribution < -0.4 is 0 Å². The van der Waals surface area contributed by atoms with Crippen LogP contribution in [0.5, 0.6) is 0 Å². The van der Waals surface area contributed by atoms with Crippen LogP contribution in [0.2, 0.25) is 0 Å². The van der Waals surface area contributed by atoms with Gasteiger partial charge in [0, 0.05) is 12.3 Å². The molecule has 0 radical (unpaired) electrons. The number of rotatable bonds is 1. The molecule has 34 heavy (non-hydrogen) atoms. The Kier molecular flexibility index (Phi) is 5.57. The first-order valence-electron chi connectivity index (χ1n) is 14.6. The van der Waals surface area contributed by atoms with Crippen molar-refractivity contribution in [2.75, 3.05) is 0 Å². The summed E-state index contributed by atoms with van der Waals surface area (Å²) in [4.78, 5) is 11.9. The van der Waals surface area contributed by atoms with Crippen LogP contribution in [0.4, 0.5) is 0 Å². The quantitative estimate of drug-likeness (QED) is 0.284. The summed E-state index contributed by atoms with van der Waals surface area (Å²) in [5.41, 5.74) is 3.45. The van der Waals surface area contributed by atoms with Crippen LogP contribution in [0, 0.1) is 56.7 Å². The van der Waals surface area contributed by atoms with E-state index in [0.717, 1.165) is 30.6 Å². The molecule has 0 aromatic rings. The number of esters is 1. The van der Waals surface area contributed by atoms with E-state index in [1.54, 1.807) is 6.92 Å².